The molecule has 1 amide bonds. The van der Waals surface area contributed by atoms with Crippen LogP contribution < -0.4 is 5.32 Å². The number of hydrogen-bond acceptors (Lipinski definition) is 6. The number of carbonyl (C=O) groups excluding carboxylic acids is 2. The summed E-state index contributed by atoms with van der Waals surface area (Å²) in [6.45, 7) is 0. The Hall–Kier alpha value is -1.31. The topological polar surface area (TPSA) is 55.4 Å². The Morgan fingerprint density at radius 3 is 2.85 bits per heavy atom. The Labute approximate surface area is 129 Å². The van der Waals surface area contributed by atoms with Crippen LogP contribution in [0, 0.1) is 0 Å². The fourth-order valence-corrected chi connectivity index (χ4v) is 3.92. The molecular weight excluding hydrogens is 314 g/mol. The third-order valence-corrected chi connectivity index (χ3v) is 5.30. The van der Waals surface area contributed by atoms with Crippen LogP contribution in [0.2, 0.25) is 0 Å². The summed E-state index contributed by atoms with van der Waals surface area (Å²) in [7, 11) is 1.32. The summed E-state index contributed by atoms with van der Waals surface area (Å²) in [5, 5.41) is 6.51. The van der Waals surface area contributed by atoms with Crippen molar-refractivity contribution < 1.29 is 14.3 Å². The molecule has 2 heterocycles. The summed E-state index contributed by atoms with van der Waals surface area (Å²) in [5.74, 6) is 0.629. The Balaban J connectivity index is 1.82. The molecule has 0 saturated carbocycles. The number of carbonyl (C=O) groups is 2. The van der Waals surface area contributed by atoms with Crippen molar-refractivity contribution in [2.75, 3.05) is 18.2 Å². The molecule has 0 aliphatic heterocycles. The number of rotatable bonds is 6. The molecule has 2 aromatic rings. The smallest absolute Gasteiger partial charge is 0.350 e. The summed E-state index contributed by atoms with van der Waals surface area (Å²) >= 11 is 4.48. The van der Waals surface area contributed by atoms with E-state index in [0.717, 1.165) is 5.75 Å². The highest BCUT2D eigenvalue weighted by Crippen LogP contribution is 2.23. The van der Waals surface area contributed by atoms with E-state index in [1.165, 1.54) is 23.3 Å². The number of ether oxygens (including phenoxy) is 1. The molecule has 0 unspecified atom stereocenters. The lowest BCUT2D eigenvalue weighted by molar-refractivity contribution is -0.113. The summed E-state index contributed by atoms with van der Waals surface area (Å²) in [6.07, 6.45) is 0. The first-order valence-corrected chi connectivity index (χ1v) is 8.68. The van der Waals surface area contributed by atoms with Crippen LogP contribution in [0.1, 0.15) is 14.5 Å². The first-order valence-electron chi connectivity index (χ1n) is 5.76. The summed E-state index contributed by atoms with van der Waals surface area (Å²) in [4.78, 5) is 25.0. The quantitative estimate of drug-likeness (QED) is 0.826. The summed E-state index contributed by atoms with van der Waals surface area (Å²) < 4.78 is 4.66. The number of thioether (sulfide) groups is 1. The van der Waals surface area contributed by atoms with Crippen molar-refractivity contribution >= 4 is 52.0 Å². The largest absolute Gasteiger partial charge is 0.465 e. The molecule has 0 saturated heterocycles. The first-order chi connectivity index (χ1) is 9.70. The summed E-state index contributed by atoms with van der Waals surface area (Å²) in [5.41, 5.74) is 0.517. The van der Waals surface area contributed by atoms with E-state index in [0.29, 0.717) is 16.3 Å². The van der Waals surface area contributed by atoms with Crippen molar-refractivity contribution in [1.29, 1.82) is 0 Å². The molecule has 20 heavy (non-hydrogen) atoms. The highest BCUT2D eigenvalue weighted by Gasteiger charge is 2.15. The molecule has 0 fully saturated rings. The maximum atomic E-state index is 11.8. The van der Waals surface area contributed by atoms with E-state index in [-0.39, 0.29) is 5.91 Å². The Morgan fingerprint density at radius 1 is 1.30 bits per heavy atom. The highest BCUT2D eigenvalue weighted by molar-refractivity contribution is 7.99. The van der Waals surface area contributed by atoms with Gasteiger partial charge in [-0.1, -0.05) is 6.07 Å². The van der Waals surface area contributed by atoms with Crippen molar-refractivity contribution in [2.24, 2.45) is 0 Å². The van der Waals surface area contributed by atoms with Gasteiger partial charge in [0.2, 0.25) is 5.91 Å². The van der Waals surface area contributed by atoms with Gasteiger partial charge in [-0.25, -0.2) is 4.79 Å². The lowest BCUT2D eigenvalue weighted by atomic mass is 10.4. The van der Waals surface area contributed by atoms with Gasteiger partial charge in [0.25, 0.3) is 0 Å². The van der Waals surface area contributed by atoms with Crippen LogP contribution in [0.5, 0.6) is 0 Å². The van der Waals surface area contributed by atoms with E-state index in [4.69, 9.17) is 0 Å². The maximum absolute atomic E-state index is 11.8. The molecule has 0 spiro atoms. The highest BCUT2D eigenvalue weighted by atomic mass is 32.2. The second-order valence-corrected chi connectivity index (χ2v) is 6.71. The molecule has 0 radical (unpaired) electrons. The van der Waals surface area contributed by atoms with Gasteiger partial charge in [0.15, 0.2) is 0 Å². The van der Waals surface area contributed by atoms with Gasteiger partial charge >= 0.3 is 5.97 Å². The lowest BCUT2D eigenvalue weighted by Gasteiger charge is -2.05. The van der Waals surface area contributed by atoms with Crippen LogP contribution >= 0.6 is 34.4 Å². The van der Waals surface area contributed by atoms with Crippen LogP contribution in [0.4, 0.5) is 5.69 Å². The number of thiophene rings is 2. The Morgan fingerprint density at radius 2 is 2.15 bits per heavy atom. The molecule has 4 nitrogen and oxygen atoms in total. The minimum absolute atomic E-state index is 0.116. The molecule has 0 aliphatic carbocycles. The normalized spacial score (nSPS) is 10.2. The van der Waals surface area contributed by atoms with Crippen LogP contribution in [0.15, 0.2) is 29.0 Å². The fourth-order valence-electron chi connectivity index (χ4n) is 1.48. The van der Waals surface area contributed by atoms with Crippen LogP contribution in [-0.4, -0.2) is 24.7 Å². The number of hydrogen-bond donors (Lipinski definition) is 1. The Bertz CT molecular complexity index is 577. The van der Waals surface area contributed by atoms with Crippen molar-refractivity contribution in [3.63, 3.8) is 0 Å². The van der Waals surface area contributed by atoms with Gasteiger partial charge in [0.05, 0.1) is 18.6 Å². The predicted octanol–water partition coefficient (Wildman–Crippen LogP) is 3.47. The molecule has 2 rings (SSSR count). The van der Waals surface area contributed by atoms with Gasteiger partial charge in [0.1, 0.15) is 4.88 Å². The molecule has 106 valence electrons. The molecule has 0 aliphatic rings. The number of methoxy groups -OCH3 is 1. The average Bonchev–Trinajstić information content (AvgIpc) is 3.09. The van der Waals surface area contributed by atoms with E-state index in [9.17, 15) is 9.59 Å². The van der Waals surface area contributed by atoms with Crippen molar-refractivity contribution in [1.82, 2.24) is 0 Å². The zero-order valence-electron chi connectivity index (χ0n) is 10.8. The van der Waals surface area contributed by atoms with E-state index >= 15 is 0 Å². The summed E-state index contributed by atoms with van der Waals surface area (Å²) in [6, 6.07) is 5.75. The van der Waals surface area contributed by atoms with Crippen molar-refractivity contribution in [2.45, 2.75) is 5.75 Å². The lowest BCUT2D eigenvalue weighted by Crippen LogP contribution is -2.15. The van der Waals surface area contributed by atoms with Crippen LogP contribution in [0.3, 0.4) is 0 Å². The second kappa shape index (κ2) is 7.47. The zero-order chi connectivity index (χ0) is 14.4. The average molecular weight is 327 g/mol. The van der Waals surface area contributed by atoms with E-state index in [1.54, 1.807) is 34.5 Å². The Kier molecular flexibility index (Phi) is 5.63. The van der Waals surface area contributed by atoms with Gasteiger partial charge in [-0.15, -0.1) is 34.4 Å². The number of nitrogens with one attached hydrogen (secondary N) is 1. The van der Waals surface area contributed by atoms with E-state index in [1.807, 2.05) is 17.5 Å². The molecule has 0 bridgehead atoms. The second-order valence-electron chi connectivity index (χ2n) is 3.78. The number of anilines is 1. The first kappa shape index (κ1) is 15.1. The number of amides is 1. The molecule has 2 aromatic heterocycles. The monoisotopic (exact) mass is 327 g/mol. The van der Waals surface area contributed by atoms with Crippen molar-refractivity contribution in [3.05, 3.63) is 38.7 Å². The third-order valence-electron chi connectivity index (χ3n) is 2.37. The van der Waals surface area contributed by atoms with Crippen LogP contribution in [-0.2, 0) is 15.3 Å². The van der Waals surface area contributed by atoms with Gasteiger partial charge in [-0.2, -0.15) is 0 Å². The van der Waals surface area contributed by atoms with E-state index in [2.05, 4.69) is 10.1 Å². The van der Waals surface area contributed by atoms with E-state index < -0.39 is 5.97 Å². The molecule has 1 N–H and O–H groups in total. The van der Waals surface area contributed by atoms with Gasteiger partial charge in [-0.3, -0.25) is 4.79 Å². The van der Waals surface area contributed by atoms with Gasteiger partial charge < -0.3 is 10.1 Å². The molecule has 0 aromatic carbocycles. The fraction of sp³-hybridized carbons (Fsp3) is 0.231. The minimum atomic E-state index is -0.429. The van der Waals surface area contributed by atoms with Crippen LogP contribution in [0.25, 0.3) is 0 Å². The molecule has 0 atom stereocenters. The maximum Gasteiger partial charge on any atom is 0.350 e. The van der Waals surface area contributed by atoms with Crippen molar-refractivity contribution in [3.8, 4) is 0 Å². The minimum Gasteiger partial charge on any atom is -0.465 e. The molecule has 7 heteroatoms. The number of esters is 1. The SMILES string of the molecule is COC(=O)c1sccc1NC(=O)CSCc1cccs1. The van der Waals surface area contributed by atoms with Gasteiger partial charge in [0, 0.05) is 10.6 Å². The molecular formula is C13H13NO3S3. The predicted molar refractivity (Wildman–Crippen MR) is 84.8 cm³/mol. The zero-order valence-corrected chi connectivity index (χ0v) is 13.2. The standard InChI is InChI=1S/C13H13NO3S3/c1-17-13(16)12-10(4-6-20-12)14-11(15)8-18-7-9-3-2-5-19-9/h2-6H,7-8H2,1H3,(H,14,15). The third kappa shape index (κ3) is 4.09. The van der Waals surface area contributed by atoms with Gasteiger partial charge in [-0.05, 0) is 22.9 Å².